The highest BCUT2D eigenvalue weighted by Crippen LogP contribution is 1.74. The third-order valence-corrected chi connectivity index (χ3v) is 0.773. The molecule has 0 unspecified atom stereocenters. The van der Waals surface area contributed by atoms with Crippen LogP contribution in [0.5, 0.6) is 0 Å². The van der Waals surface area contributed by atoms with E-state index < -0.39 is 6.09 Å². The van der Waals surface area contributed by atoms with Gasteiger partial charge in [0.05, 0.1) is 0 Å². The maximum Gasteiger partial charge on any atom is 0.408 e. The summed E-state index contributed by atoms with van der Waals surface area (Å²) in [4.78, 5) is 10.5. The van der Waals surface area contributed by atoms with Crippen LogP contribution in [-0.2, 0) is 4.74 Å². The number of carbonyl (C=O) groups is 1. The Bertz CT molecular complexity index is 155. The molecule has 1 N–H and O–H groups in total. The quantitative estimate of drug-likeness (QED) is 0.576. The Labute approximate surface area is 60.8 Å². The Balaban J connectivity index is 3.27. The molecule has 10 heavy (non-hydrogen) atoms. The van der Waals surface area contributed by atoms with Gasteiger partial charge in [-0.3, -0.25) is 0 Å². The molecule has 0 rings (SSSR count). The number of nitrogens with one attached hydrogen (secondary N) is 1. The largest absolute Gasteiger partial charge is 0.436 e. The smallest absolute Gasteiger partial charge is 0.408 e. The van der Waals surface area contributed by atoms with Crippen molar-refractivity contribution < 1.29 is 9.53 Å². The number of hydrogen-bond donors (Lipinski definition) is 1. The summed E-state index contributed by atoms with van der Waals surface area (Å²) in [6.45, 7) is 4.27. The summed E-state index contributed by atoms with van der Waals surface area (Å²) in [5.74, 6) is 5.21. The topological polar surface area (TPSA) is 38.3 Å². The lowest BCUT2D eigenvalue weighted by Crippen LogP contribution is -2.23. The first-order valence-corrected chi connectivity index (χ1v) is 3.11. The average Bonchev–Trinajstić information content (AvgIpc) is 1.89. The first-order chi connectivity index (χ1) is 4.81. The molecule has 0 saturated heterocycles. The monoisotopic (exact) mass is 141 g/mol. The highest BCUT2D eigenvalue weighted by molar-refractivity contribution is 5.67. The van der Waals surface area contributed by atoms with E-state index in [1.54, 1.807) is 6.92 Å². The summed E-state index contributed by atoms with van der Waals surface area (Å²) >= 11 is 0. The summed E-state index contributed by atoms with van der Waals surface area (Å²) in [6.07, 6.45) is -0.412. The zero-order chi connectivity index (χ0) is 7.82. The molecule has 0 saturated carbocycles. The molecule has 0 fully saturated rings. The van der Waals surface area contributed by atoms with E-state index in [0.717, 1.165) is 0 Å². The van der Waals surface area contributed by atoms with Gasteiger partial charge in [0.25, 0.3) is 0 Å². The van der Waals surface area contributed by atoms with E-state index in [9.17, 15) is 4.79 Å². The Morgan fingerprint density at radius 3 is 2.90 bits per heavy atom. The van der Waals surface area contributed by atoms with Crippen LogP contribution in [-0.4, -0.2) is 19.2 Å². The number of amides is 1. The van der Waals surface area contributed by atoms with Crippen LogP contribution in [0.2, 0.25) is 0 Å². The fraction of sp³-hybridized carbons (Fsp3) is 0.571. The lowest BCUT2D eigenvalue weighted by molar-refractivity contribution is 0.160. The fourth-order valence-electron chi connectivity index (χ4n) is 0.369. The van der Waals surface area contributed by atoms with Crippen molar-refractivity contribution in [3.05, 3.63) is 0 Å². The summed E-state index contributed by atoms with van der Waals surface area (Å²) < 4.78 is 4.60. The molecule has 3 heteroatoms. The van der Waals surface area contributed by atoms with Crippen LogP contribution in [0.25, 0.3) is 0 Å². The molecule has 0 aliphatic carbocycles. The van der Waals surface area contributed by atoms with E-state index in [4.69, 9.17) is 0 Å². The molecule has 0 heterocycles. The molecule has 56 valence electrons. The molecule has 0 radical (unpaired) electrons. The van der Waals surface area contributed by atoms with Crippen molar-refractivity contribution in [1.29, 1.82) is 0 Å². The third kappa shape index (κ3) is 4.98. The highest BCUT2D eigenvalue weighted by atomic mass is 16.5. The van der Waals surface area contributed by atoms with Crippen LogP contribution in [0.15, 0.2) is 0 Å². The van der Waals surface area contributed by atoms with Crippen LogP contribution in [0, 0.1) is 11.8 Å². The second-order valence-electron chi connectivity index (χ2n) is 1.53. The second-order valence-corrected chi connectivity index (χ2v) is 1.53. The van der Waals surface area contributed by atoms with Gasteiger partial charge in [0.15, 0.2) is 6.61 Å². The van der Waals surface area contributed by atoms with Crippen molar-refractivity contribution in [2.24, 2.45) is 0 Å². The normalized spacial score (nSPS) is 7.40. The van der Waals surface area contributed by atoms with Gasteiger partial charge in [-0.25, -0.2) is 4.79 Å². The molecule has 3 nitrogen and oxygen atoms in total. The number of rotatable bonds is 2. The Kier molecular flexibility index (Phi) is 5.26. The van der Waals surface area contributed by atoms with Crippen LogP contribution < -0.4 is 5.32 Å². The van der Waals surface area contributed by atoms with Crippen LogP contribution >= 0.6 is 0 Å². The van der Waals surface area contributed by atoms with E-state index in [1.807, 2.05) is 6.92 Å². The minimum atomic E-state index is -0.412. The molecule has 0 aromatic heterocycles. The van der Waals surface area contributed by atoms with Gasteiger partial charge in [-0.15, -0.1) is 5.92 Å². The van der Waals surface area contributed by atoms with Crippen molar-refractivity contribution >= 4 is 6.09 Å². The standard InChI is InChI=1S/C7H11NO2/c1-3-5-6-10-7(9)8-4-2/h4,6H2,1-2H3,(H,8,9). The predicted molar refractivity (Wildman–Crippen MR) is 38.5 cm³/mol. The Hall–Kier alpha value is -1.17. The average molecular weight is 141 g/mol. The van der Waals surface area contributed by atoms with Crippen LogP contribution in [0.1, 0.15) is 13.8 Å². The first kappa shape index (κ1) is 8.83. The minimum Gasteiger partial charge on any atom is -0.436 e. The predicted octanol–water partition coefficient (Wildman–Crippen LogP) is 0.756. The lowest BCUT2D eigenvalue weighted by atomic mass is 10.6. The van der Waals surface area contributed by atoms with Gasteiger partial charge in [-0.1, -0.05) is 5.92 Å². The van der Waals surface area contributed by atoms with Crippen LogP contribution in [0.3, 0.4) is 0 Å². The minimum absolute atomic E-state index is 0.169. The summed E-state index contributed by atoms with van der Waals surface area (Å²) in [6, 6.07) is 0. The molecule has 0 bridgehead atoms. The number of carbonyl (C=O) groups excluding carboxylic acids is 1. The van der Waals surface area contributed by atoms with Gasteiger partial charge >= 0.3 is 6.09 Å². The van der Waals surface area contributed by atoms with Gasteiger partial charge in [0, 0.05) is 6.54 Å². The zero-order valence-electron chi connectivity index (χ0n) is 6.23. The molecule has 0 aromatic rings. The van der Waals surface area contributed by atoms with E-state index in [2.05, 4.69) is 21.9 Å². The van der Waals surface area contributed by atoms with E-state index in [-0.39, 0.29) is 6.61 Å². The number of ether oxygens (including phenoxy) is 1. The molecular weight excluding hydrogens is 130 g/mol. The highest BCUT2D eigenvalue weighted by Gasteiger charge is 1.94. The summed E-state index contributed by atoms with van der Waals surface area (Å²) in [7, 11) is 0. The van der Waals surface area contributed by atoms with Gasteiger partial charge in [-0.2, -0.15) is 0 Å². The number of hydrogen-bond acceptors (Lipinski definition) is 2. The number of alkyl carbamates (subject to hydrolysis) is 1. The second kappa shape index (κ2) is 5.96. The molecule has 1 amide bonds. The third-order valence-electron chi connectivity index (χ3n) is 0.773. The van der Waals surface area contributed by atoms with Crippen molar-refractivity contribution in [3.63, 3.8) is 0 Å². The van der Waals surface area contributed by atoms with E-state index in [1.165, 1.54) is 0 Å². The maximum absolute atomic E-state index is 10.5. The Morgan fingerprint density at radius 2 is 2.40 bits per heavy atom. The first-order valence-electron chi connectivity index (χ1n) is 3.11. The van der Waals surface area contributed by atoms with Gasteiger partial charge in [0.2, 0.25) is 0 Å². The van der Waals surface area contributed by atoms with E-state index in [0.29, 0.717) is 6.54 Å². The van der Waals surface area contributed by atoms with Gasteiger partial charge in [-0.05, 0) is 13.8 Å². The molecule has 0 spiro atoms. The van der Waals surface area contributed by atoms with Crippen molar-refractivity contribution in [2.45, 2.75) is 13.8 Å². The van der Waals surface area contributed by atoms with Crippen molar-refractivity contribution in [3.8, 4) is 11.8 Å². The summed E-state index contributed by atoms with van der Waals surface area (Å²) in [5, 5.41) is 2.48. The van der Waals surface area contributed by atoms with E-state index >= 15 is 0 Å². The fourth-order valence-corrected chi connectivity index (χ4v) is 0.369. The maximum atomic E-state index is 10.5. The van der Waals surface area contributed by atoms with Crippen molar-refractivity contribution in [1.82, 2.24) is 5.32 Å². The SMILES string of the molecule is CC#CCOC(=O)NCC. The zero-order valence-corrected chi connectivity index (χ0v) is 6.23. The van der Waals surface area contributed by atoms with Crippen molar-refractivity contribution in [2.75, 3.05) is 13.2 Å². The van der Waals surface area contributed by atoms with Crippen LogP contribution in [0.4, 0.5) is 4.79 Å². The van der Waals surface area contributed by atoms with Gasteiger partial charge in [0.1, 0.15) is 0 Å². The lowest BCUT2D eigenvalue weighted by Gasteiger charge is -1.99. The molecular formula is C7H11NO2. The molecule has 0 aliphatic rings. The molecule has 0 aromatic carbocycles. The molecule has 0 atom stereocenters. The Morgan fingerprint density at radius 1 is 1.70 bits per heavy atom. The summed E-state index contributed by atoms with van der Waals surface area (Å²) in [5.41, 5.74) is 0. The van der Waals surface area contributed by atoms with Gasteiger partial charge < -0.3 is 10.1 Å². The molecule has 0 aliphatic heterocycles.